The SMILES string of the molecule is CN(CC1CCOCC1)c1ccc(N)cc1. The molecule has 0 amide bonds. The fraction of sp³-hybridized carbons (Fsp3) is 0.538. The van der Waals surface area contributed by atoms with Gasteiger partial charge in [0.2, 0.25) is 0 Å². The number of anilines is 2. The van der Waals surface area contributed by atoms with Gasteiger partial charge in [-0.15, -0.1) is 0 Å². The van der Waals surface area contributed by atoms with Gasteiger partial charge >= 0.3 is 0 Å². The highest BCUT2D eigenvalue weighted by Gasteiger charge is 2.15. The van der Waals surface area contributed by atoms with Crippen LogP contribution in [0.5, 0.6) is 0 Å². The van der Waals surface area contributed by atoms with Crippen LogP contribution in [-0.2, 0) is 4.74 Å². The van der Waals surface area contributed by atoms with Gasteiger partial charge in [0.05, 0.1) is 0 Å². The van der Waals surface area contributed by atoms with Gasteiger partial charge in [-0.2, -0.15) is 0 Å². The Morgan fingerprint density at radius 1 is 1.25 bits per heavy atom. The number of nitrogens with two attached hydrogens (primary N) is 1. The van der Waals surface area contributed by atoms with Gasteiger partial charge in [0.25, 0.3) is 0 Å². The van der Waals surface area contributed by atoms with Crippen molar-refractivity contribution in [1.82, 2.24) is 0 Å². The molecule has 1 saturated heterocycles. The third-order valence-electron chi connectivity index (χ3n) is 3.21. The summed E-state index contributed by atoms with van der Waals surface area (Å²) in [6, 6.07) is 8.06. The maximum Gasteiger partial charge on any atom is 0.0469 e. The quantitative estimate of drug-likeness (QED) is 0.793. The summed E-state index contributed by atoms with van der Waals surface area (Å²) in [7, 11) is 2.14. The Labute approximate surface area is 97.2 Å². The standard InChI is InChI=1S/C13H20N2O/c1-15(10-11-6-8-16-9-7-11)13-4-2-12(14)3-5-13/h2-5,11H,6-10,14H2,1H3. The lowest BCUT2D eigenvalue weighted by molar-refractivity contribution is 0.0685. The van der Waals surface area contributed by atoms with Crippen molar-refractivity contribution < 1.29 is 4.74 Å². The maximum atomic E-state index is 5.68. The molecule has 0 aliphatic carbocycles. The molecule has 88 valence electrons. The minimum absolute atomic E-state index is 0.760. The van der Waals surface area contributed by atoms with Crippen molar-refractivity contribution in [3.63, 3.8) is 0 Å². The van der Waals surface area contributed by atoms with Gasteiger partial charge in [-0.25, -0.2) is 0 Å². The predicted octanol–water partition coefficient (Wildman–Crippen LogP) is 2.13. The number of nitrogens with zero attached hydrogens (tertiary/aromatic N) is 1. The van der Waals surface area contributed by atoms with Crippen molar-refractivity contribution in [3.8, 4) is 0 Å². The average molecular weight is 220 g/mol. The second kappa shape index (κ2) is 5.21. The predicted molar refractivity (Wildman–Crippen MR) is 67.7 cm³/mol. The van der Waals surface area contributed by atoms with Gasteiger partial charge in [0.1, 0.15) is 0 Å². The van der Waals surface area contributed by atoms with Crippen LogP contribution in [-0.4, -0.2) is 26.8 Å². The topological polar surface area (TPSA) is 38.5 Å². The highest BCUT2D eigenvalue weighted by Crippen LogP contribution is 2.20. The molecule has 2 rings (SSSR count). The Balaban J connectivity index is 1.91. The molecule has 1 heterocycles. The number of hydrogen-bond acceptors (Lipinski definition) is 3. The molecule has 0 saturated carbocycles. The van der Waals surface area contributed by atoms with Crippen LogP contribution < -0.4 is 10.6 Å². The monoisotopic (exact) mass is 220 g/mol. The van der Waals surface area contributed by atoms with Gasteiger partial charge in [-0.1, -0.05) is 0 Å². The lowest BCUT2D eigenvalue weighted by Gasteiger charge is -2.28. The highest BCUT2D eigenvalue weighted by molar-refractivity contribution is 5.52. The molecule has 1 fully saturated rings. The Kier molecular flexibility index (Phi) is 3.67. The molecular formula is C13H20N2O. The molecule has 0 radical (unpaired) electrons. The van der Waals surface area contributed by atoms with Crippen LogP contribution in [0.3, 0.4) is 0 Å². The molecule has 0 unspecified atom stereocenters. The fourth-order valence-electron chi connectivity index (χ4n) is 2.15. The van der Waals surface area contributed by atoms with E-state index in [4.69, 9.17) is 10.5 Å². The first kappa shape index (κ1) is 11.3. The molecule has 3 heteroatoms. The van der Waals surface area contributed by atoms with E-state index in [-0.39, 0.29) is 0 Å². The van der Waals surface area contributed by atoms with Crippen molar-refractivity contribution in [1.29, 1.82) is 0 Å². The summed E-state index contributed by atoms with van der Waals surface area (Å²) in [5.41, 5.74) is 7.74. The lowest BCUT2D eigenvalue weighted by atomic mass is 10.00. The first-order valence-electron chi connectivity index (χ1n) is 5.90. The summed E-state index contributed by atoms with van der Waals surface area (Å²) in [5.74, 6) is 0.760. The van der Waals surface area contributed by atoms with Gasteiger partial charge in [0, 0.05) is 38.2 Å². The average Bonchev–Trinajstić information content (AvgIpc) is 2.31. The second-order valence-corrected chi connectivity index (χ2v) is 4.53. The van der Waals surface area contributed by atoms with Crippen LogP contribution in [0.2, 0.25) is 0 Å². The van der Waals surface area contributed by atoms with Gasteiger partial charge in [-0.05, 0) is 43.0 Å². The third kappa shape index (κ3) is 2.89. The molecule has 1 aliphatic heterocycles. The van der Waals surface area contributed by atoms with Crippen molar-refractivity contribution in [2.45, 2.75) is 12.8 Å². The lowest BCUT2D eigenvalue weighted by Crippen LogP contribution is -2.29. The molecular weight excluding hydrogens is 200 g/mol. The van der Waals surface area contributed by atoms with E-state index in [0.717, 1.165) is 31.4 Å². The maximum absolute atomic E-state index is 5.68. The summed E-state index contributed by atoms with van der Waals surface area (Å²) < 4.78 is 5.37. The first-order valence-corrected chi connectivity index (χ1v) is 5.90. The number of nitrogen functional groups attached to an aromatic ring is 1. The molecule has 0 spiro atoms. The summed E-state index contributed by atoms with van der Waals surface area (Å²) in [6.07, 6.45) is 2.36. The fourth-order valence-corrected chi connectivity index (χ4v) is 2.15. The van der Waals surface area contributed by atoms with Crippen molar-refractivity contribution in [3.05, 3.63) is 24.3 Å². The summed E-state index contributed by atoms with van der Waals surface area (Å²) in [4.78, 5) is 2.30. The normalized spacial score (nSPS) is 17.3. The van der Waals surface area contributed by atoms with E-state index in [0.29, 0.717) is 0 Å². The Bertz CT molecular complexity index is 317. The zero-order valence-corrected chi connectivity index (χ0v) is 9.86. The zero-order valence-electron chi connectivity index (χ0n) is 9.86. The van der Waals surface area contributed by atoms with Gasteiger partial charge in [0.15, 0.2) is 0 Å². The van der Waals surface area contributed by atoms with Crippen LogP contribution in [0.4, 0.5) is 11.4 Å². The molecule has 0 atom stereocenters. The van der Waals surface area contributed by atoms with Crippen LogP contribution in [0.25, 0.3) is 0 Å². The van der Waals surface area contributed by atoms with E-state index in [1.807, 2.05) is 12.1 Å². The molecule has 1 aromatic carbocycles. The van der Waals surface area contributed by atoms with E-state index >= 15 is 0 Å². The number of rotatable bonds is 3. The van der Waals surface area contributed by atoms with Crippen LogP contribution in [0.15, 0.2) is 24.3 Å². The summed E-state index contributed by atoms with van der Waals surface area (Å²) in [6.45, 7) is 2.94. The van der Waals surface area contributed by atoms with E-state index in [9.17, 15) is 0 Å². The van der Waals surface area contributed by atoms with Crippen molar-refractivity contribution >= 4 is 11.4 Å². The number of benzene rings is 1. The molecule has 0 aromatic heterocycles. The van der Waals surface area contributed by atoms with Crippen LogP contribution >= 0.6 is 0 Å². The second-order valence-electron chi connectivity index (χ2n) is 4.53. The molecule has 16 heavy (non-hydrogen) atoms. The largest absolute Gasteiger partial charge is 0.399 e. The zero-order chi connectivity index (χ0) is 11.4. The number of ether oxygens (including phenoxy) is 1. The van der Waals surface area contributed by atoms with Crippen molar-refractivity contribution in [2.75, 3.05) is 37.4 Å². The minimum Gasteiger partial charge on any atom is -0.399 e. The Morgan fingerprint density at radius 3 is 2.50 bits per heavy atom. The molecule has 0 bridgehead atoms. The molecule has 1 aliphatic rings. The van der Waals surface area contributed by atoms with Crippen LogP contribution in [0.1, 0.15) is 12.8 Å². The highest BCUT2D eigenvalue weighted by atomic mass is 16.5. The first-order chi connectivity index (χ1) is 7.75. The van der Waals surface area contributed by atoms with E-state index in [2.05, 4.69) is 24.1 Å². The van der Waals surface area contributed by atoms with Crippen molar-refractivity contribution in [2.24, 2.45) is 5.92 Å². The Hall–Kier alpha value is -1.22. The smallest absolute Gasteiger partial charge is 0.0469 e. The van der Waals surface area contributed by atoms with E-state index in [1.54, 1.807) is 0 Å². The number of hydrogen-bond donors (Lipinski definition) is 1. The summed E-state index contributed by atoms with van der Waals surface area (Å²) in [5, 5.41) is 0. The van der Waals surface area contributed by atoms with E-state index in [1.165, 1.54) is 18.5 Å². The Morgan fingerprint density at radius 2 is 1.88 bits per heavy atom. The molecule has 2 N–H and O–H groups in total. The third-order valence-corrected chi connectivity index (χ3v) is 3.21. The molecule has 3 nitrogen and oxygen atoms in total. The van der Waals surface area contributed by atoms with E-state index < -0.39 is 0 Å². The molecule has 1 aromatic rings. The van der Waals surface area contributed by atoms with Crippen LogP contribution in [0, 0.1) is 5.92 Å². The van der Waals surface area contributed by atoms with Gasteiger partial charge < -0.3 is 15.4 Å². The van der Waals surface area contributed by atoms with Gasteiger partial charge in [-0.3, -0.25) is 0 Å². The minimum atomic E-state index is 0.760. The summed E-state index contributed by atoms with van der Waals surface area (Å²) >= 11 is 0.